The fourth-order valence-electron chi connectivity index (χ4n) is 1.78. The largest absolute Gasteiger partial charge is 0.302 e. The summed E-state index contributed by atoms with van der Waals surface area (Å²) in [4.78, 5) is 4.78. The number of rotatable bonds is 5. The first-order valence-corrected chi connectivity index (χ1v) is 8.13. The Morgan fingerprint density at radius 3 is 2.44 bits per heavy atom. The molecule has 0 amide bonds. The molecule has 0 saturated heterocycles. The van der Waals surface area contributed by atoms with Crippen molar-refractivity contribution < 1.29 is 0 Å². The third kappa shape index (κ3) is 3.19. The van der Waals surface area contributed by atoms with Crippen molar-refractivity contribution in [2.24, 2.45) is 0 Å². The van der Waals surface area contributed by atoms with Crippen molar-refractivity contribution >= 4 is 22.7 Å². The van der Waals surface area contributed by atoms with E-state index in [2.05, 4.69) is 55.2 Å². The van der Waals surface area contributed by atoms with Crippen molar-refractivity contribution in [1.29, 1.82) is 0 Å². The average molecular weight is 280 g/mol. The van der Waals surface area contributed by atoms with E-state index >= 15 is 0 Å². The average Bonchev–Trinajstić information content (AvgIpc) is 2.97. The first-order chi connectivity index (χ1) is 8.58. The van der Waals surface area contributed by atoms with Gasteiger partial charge in [0.25, 0.3) is 0 Å². The van der Waals surface area contributed by atoms with Gasteiger partial charge >= 0.3 is 0 Å². The van der Waals surface area contributed by atoms with Crippen LogP contribution in [0.1, 0.15) is 55.9 Å². The molecule has 0 aliphatic carbocycles. The maximum absolute atomic E-state index is 4.78. The van der Waals surface area contributed by atoms with Crippen LogP contribution in [0.4, 0.5) is 0 Å². The Morgan fingerprint density at radius 1 is 1.17 bits per heavy atom. The third-order valence-electron chi connectivity index (χ3n) is 2.75. The van der Waals surface area contributed by atoms with Gasteiger partial charge in [0.1, 0.15) is 5.01 Å². The van der Waals surface area contributed by atoms with Crippen molar-refractivity contribution in [3.8, 4) is 0 Å². The molecule has 2 rings (SSSR count). The summed E-state index contributed by atoms with van der Waals surface area (Å²) in [6, 6.07) is 2.86. The van der Waals surface area contributed by atoms with Crippen LogP contribution in [0.5, 0.6) is 0 Å². The van der Waals surface area contributed by atoms with E-state index < -0.39 is 0 Å². The molecular formula is C14H20N2S2. The first-order valence-electron chi connectivity index (χ1n) is 6.31. The molecule has 0 spiro atoms. The number of hydrogen-bond donors (Lipinski definition) is 1. The summed E-state index contributed by atoms with van der Waals surface area (Å²) in [5.74, 6) is 0.497. The van der Waals surface area contributed by atoms with E-state index in [4.69, 9.17) is 4.98 Å². The fraction of sp³-hybridized carbons (Fsp3) is 0.500. The van der Waals surface area contributed by atoms with Crippen LogP contribution in [0.2, 0.25) is 0 Å². The molecule has 98 valence electrons. The lowest BCUT2D eigenvalue weighted by atomic mass is 10.1. The van der Waals surface area contributed by atoms with Gasteiger partial charge in [-0.3, -0.25) is 0 Å². The molecule has 1 atom stereocenters. The maximum atomic E-state index is 4.78. The van der Waals surface area contributed by atoms with Gasteiger partial charge < -0.3 is 5.32 Å². The van der Waals surface area contributed by atoms with Crippen LogP contribution in [-0.2, 0) is 0 Å². The van der Waals surface area contributed by atoms with E-state index in [1.165, 1.54) is 16.3 Å². The Hall–Kier alpha value is -0.710. The summed E-state index contributed by atoms with van der Waals surface area (Å²) in [7, 11) is 0. The molecule has 2 aromatic heterocycles. The highest BCUT2D eigenvalue weighted by Crippen LogP contribution is 2.29. The number of thiophene rings is 1. The van der Waals surface area contributed by atoms with Gasteiger partial charge in [-0.15, -0.1) is 11.3 Å². The normalized spacial score (nSPS) is 13.4. The Kier molecular flexibility index (Phi) is 4.54. The number of aromatic nitrogens is 1. The van der Waals surface area contributed by atoms with Crippen molar-refractivity contribution in [3.63, 3.8) is 0 Å². The SMILES string of the molecule is CC(C)NC(c1ccsc1)c1nc(C(C)C)cs1. The Balaban J connectivity index is 2.28. The predicted molar refractivity (Wildman–Crippen MR) is 80.6 cm³/mol. The van der Waals surface area contributed by atoms with Crippen LogP contribution in [0, 0.1) is 0 Å². The molecule has 2 heterocycles. The van der Waals surface area contributed by atoms with E-state index in [1.54, 1.807) is 22.7 Å². The standard InChI is InChI=1S/C14H20N2S2/c1-9(2)12-8-18-14(16-12)13(15-10(3)4)11-5-6-17-7-11/h5-10,13,15H,1-4H3. The maximum Gasteiger partial charge on any atom is 0.114 e. The monoisotopic (exact) mass is 280 g/mol. The van der Waals surface area contributed by atoms with E-state index in [0.717, 1.165) is 0 Å². The Morgan fingerprint density at radius 2 is 1.94 bits per heavy atom. The molecule has 18 heavy (non-hydrogen) atoms. The minimum absolute atomic E-state index is 0.230. The van der Waals surface area contributed by atoms with Crippen LogP contribution in [0.15, 0.2) is 22.2 Å². The zero-order chi connectivity index (χ0) is 13.1. The van der Waals surface area contributed by atoms with Gasteiger partial charge in [-0.1, -0.05) is 13.8 Å². The third-order valence-corrected chi connectivity index (χ3v) is 4.38. The summed E-state index contributed by atoms with van der Waals surface area (Å²) in [6.45, 7) is 8.73. The summed E-state index contributed by atoms with van der Waals surface area (Å²) in [6.07, 6.45) is 0. The molecule has 1 N–H and O–H groups in total. The van der Waals surface area contributed by atoms with Gasteiger partial charge in [0.2, 0.25) is 0 Å². The molecule has 0 fully saturated rings. The van der Waals surface area contributed by atoms with E-state index in [9.17, 15) is 0 Å². The van der Waals surface area contributed by atoms with Crippen molar-refractivity contribution in [2.45, 2.75) is 45.7 Å². The van der Waals surface area contributed by atoms with Crippen LogP contribution in [0.25, 0.3) is 0 Å². The van der Waals surface area contributed by atoms with Gasteiger partial charge in [0, 0.05) is 11.4 Å². The molecule has 2 aromatic rings. The van der Waals surface area contributed by atoms with Crippen LogP contribution < -0.4 is 5.32 Å². The van der Waals surface area contributed by atoms with Gasteiger partial charge in [0.05, 0.1) is 11.7 Å². The van der Waals surface area contributed by atoms with E-state index in [-0.39, 0.29) is 6.04 Å². The zero-order valence-corrected chi connectivity index (χ0v) is 12.9. The topological polar surface area (TPSA) is 24.9 Å². The van der Waals surface area contributed by atoms with Crippen molar-refractivity contribution in [1.82, 2.24) is 10.3 Å². The highest BCUT2D eigenvalue weighted by Gasteiger charge is 2.19. The summed E-state index contributed by atoms with van der Waals surface area (Å²) in [5.41, 5.74) is 2.51. The number of thiazole rings is 1. The van der Waals surface area contributed by atoms with Crippen molar-refractivity contribution in [3.05, 3.63) is 38.5 Å². The summed E-state index contributed by atoms with van der Waals surface area (Å²) >= 11 is 3.50. The second-order valence-electron chi connectivity index (χ2n) is 5.08. The molecule has 0 aliphatic rings. The summed E-state index contributed by atoms with van der Waals surface area (Å²) < 4.78 is 0. The van der Waals surface area contributed by atoms with Gasteiger partial charge in [-0.25, -0.2) is 4.98 Å². The van der Waals surface area contributed by atoms with Crippen LogP contribution in [0.3, 0.4) is 0 Å². The second-order valence-corrected chi connectivity index (χ2v) is 6.75. The number of nitrogens with one attached hydrogen (secondary N) is 1. The lowest BCUT2D eigenvalue weighted by molar-refractivity contribution is 0.526. The molecule has 0 aliphatic heterocycles. The zero-order valence-electron chi connectivity index (χ0n) is 11.3. The van der Waals surface area contributed by atoms with Crippen LogP contribution >= 0.6 is 22.7 Å². The molecule has 0 radical (unpaired) electrons. The van der Waals surface area contributed by atoms with E-state index in [0.29, 0.717) is 12.0 Å². The molecular weight excluding hydrogens is 260 g/mol. The first kappa shape index (κ1) is 13.7. The molecule has 4 heteroatoms. The quantitative estimate of drug-likeness (QED) is 0.877. The lowest BCUT2D eigenvalue weighted by Gasteiger charge is -2.18. The molecule has 2 nitrogen and oxygen atoms in total. The lowest BCUT2D eigenvalue weighted by Crippen LogP contribution is -2.28. The molecule has 0 aromatic carbocycles. The second kappa shape index (κ2) is 5.95. The number of hydrogen-bond acceptors (Lipinski definition) is 4. The van der Waals surface area contributed by atoms with E-state index in [1.807, 2.05) is 0 Å². The van der Waals surface area contributed by atoms with Crippen molar-refractivity contribution in [2.75, 3.05) is 0 Å². The van der Waals surface area contributed by atoms with Gasteiger partial charge in [-0.05, 0) is 42.2 Å². The molecule has 1 unspecified atom stereocenters. The van der Waals surface area contributed by atoms with Gasteiger partial charge in [-0.2, -0.15) is 11.3 Å². The molecule has 0 saturated carbocycles. The Labute approximate surface area is 117 Å². The van der Waals surface area contributed by atoms with Gasteiger partial charge in [0.15, 0.2) is 0 Å². The fourth-order valence-corrected chi connectivity index (χ4v) is 3.53. The number of nitrogens with zero attached hydrogens (tertiary/aromatic N) is 1. The van der Waals surface area contributed by atoms with Crippen LogP contribution in [-0.4, -0.2) is 11.0 Å². The summed E-state index contributed by atoms with van der Waals surface area (Å²) in [5, 5.41) is 11.3. The minimum atomic E-state index is 0.230. The smallest absolute Gasteiger partial charge is 0.114 e. The predicted octanol–water partition coefficient (Wildman–Crippen LogP) is 4.42. The highest BCUT2D eigenvalue weighted by atomic mass is 32.1. The minimum Gasteiger partial charge on any atom is -0.302 e. The Bertz CT molecular complexity index is 472. The highest BCUT2D eigenvalue weighted by molar-refractivity contribution is 7.10. The molecule has 0 bridgehead atoms.